The summed E-state index contributed by atoms with van der Waals surface area (Å²) >= 11 is 0. The van der Waals surface area contributed by atoms with E-state index in [1.807, 2.05) is 18.2 Å². The highest BCUT2D eigenvalue weighted by Gasteiger charge is 2.35. The van der Waals surface area contributed by atoms with Gasteiger partial charge in [-0.05, 0) is 19.1 Å². The first-order valence-electron chi connectivity index (χ1n) is 4.32. The number of carboxylic acids is 1. The lowest BCUT2D eigenvalue weighted by molar-refractivity contribution is -0.149. The Labute approximate surface area is 81.6 Å². The number of aliphatic carboxylic acids is 1. The summed E-state index contributed by atoms with van der Waals surface area (Å²) in [5, 5.41) is 8.95. The van der Waals surface area contributed by atoms with Crippen LogP contribution >= 0.6 is 0 Å². The predicted molar refractivity (Wildman–Crippen MR) is 52.1 cm³/mol. The van der Waals surface area contributed by atoms with E-state index in [4.69, 9.17) is 9.84 Å². The molecule has 0 bridgehead atoms. The maximum atomic E-state index is 10.9. The van der Waals surface area contributed by atoms with Gasteiger partial charge < -0.3 is 9.84 Å². The molecule has 3 nitrogen and oxygen atoms in total. The van der Waals surface area contributed by atoms with E-state index in [0.29, 0.717) is 5.75 Å². The van der Waals surface area contributed by atoms with Gasteiger partial charge in [-0.25, -0.2) is 4.79 Å². The van der Waals surface area contributed by atoms with Crippen molar-refractivity contribution in [1.29, 1.82) is 0 Å². The number of ether oxygens (including phenoxy) is 1. The fourth-order valence-corrected chi connectivity index (χ4v) is 1.34. The molecular formula is C11H10O3. The first kappa shape index (κ1) is 8.81. The summed E-state index contributed by atoms with van der Waals surface area (Å²) in [6.07, 6.45) is 3.32. The van der Waals surface area contributed by atoms with E-state index < -0.39 is 11.6 Å². The summed E-state index contributed by atoms with van der Waals surface area (Å²) in [4.78, 5) is 10.9. The summed E-state index contributed by atoms with van der Waals surface area (Å²) in [6.45, 7) is 1.53. The van der Waals surface area contributed by atoms with Crippen molar-refractivity contribution < 1.29 is 14.6 Å². The zero-order valence-corrected chi connectivity index (χ0v) is 7.73. The van der Waals surface area contributed by atoms with Crippen LogP contribution in [0.4, 0.5) is 0 Å². The van der Waals surface area contributed by atoms with Gasteiger partial charge in [-0.2, -0.15) is 0 Å². The highest BCUT2D eigenvalue weighted by atomic mass is 16.5. The molecule has 0 aromatic heterocycles. The predicted octanol–water partition coefficient (Wildman–Crippen LogP) is 1.94. The third-order valence-electron chi connectivity index (χ3n) is 2.25. The summed E-state index contributed by atoms with van der Waals surface area (Å²) in [5.74, 6) is -0.372. The van der Waals surface area contributed by atoms with E-state index in [1.165, 1.54) is 6.92 Å². The summed E-state index contributed by atoms with van der Waals surface area (Å²) in [6, 6.07) is 7.35. The summed E-state index contributed by atoms with van der Waals surface area (Å²) < 4.78 is 5.39. The number of benzene rings is 1. The van der Waals surface area contributed by atoms with Crippen molar-refractivity contribution >= 4 is 12.0 Å². The summed E-state index contributed by atoms with van der Waals surface area (Å²) in [5.41, 5.74) is -0.333. The Morgan fingerprint density at radius 2 is 2.14 bits per heavy atom. The smallest absolute Gasteiger partial charge is 0.351 e. The van der Waals surface area contributed by atoms with Gasteiger partial charge in [0.05, 0.1) is 0 Å². The molecule has 0 spiro atoms. The van der Waals surface area contributed by atoms with Crippen LogP contribution < -0.4 is 4.74 Å². The molecule has 1 N–H and O–H groups in total. The first-order valence-corrected chi connectivity index (χ1v) is 4.32. The van der Waals surface area contributed by atoms with Crippen LogP contribution in [-0.4, -0.2) is 16.7 Å². The van der Waals surface area contributed by atoms with Crippen LogP contribution in [0.25, 0.3) is 6.08 Å². The standard InChI is InChI=1S/C11H10O3/c1-11(10(12)13)7-6-8-4-2-3-5-9(8)14-11/h2-7H,1H3,(H,12,13). The first-order chi connectivity index (χ1) is 6.62. The fraction of sp³-hybridized carbons (Fsp3) is 0.182. The van der Waals surface area contributed by atoms with Crippen LogP contribution in [0.3, 0.4) is 0 Å². The largest absolute Gasteiger partial charge is 0.478 e. The van der Waals surface area contributed by atoms with E-state index in [2.05, 4.69) is 0 Å². The third-order valence-corrected chi connectivity index (χ3v) is 2.25. The van der Waals surface area contributed by atoms with E-state index in [1.54, 1.807) is 18.2 Å². The Kier molecular flexibility index (Phi) is 1.81. The van der Waals surface area contributed by atoms with Gasteiger partial charge in [-0.1, -0.05) is 24.3 Å². The minimum atomic E-state index is -1.24. The number of hydrogen-bond acceptors (Lipinski definition) is 2. The van der Waals surface area contributed by atoms with Crippen LogP contribution in [0.2, 0.25) is 0 Å². The molecule has 0 amide bonds. The Hall–Kier alpha value is -1.77. The Morgan fingerprint density at radius 3 is 2.86 bits per heavy atom. The molecule has 72 valence electrons. The van der Waals surface area contributed by atoms with Crippen molar-refractivity contribution in [3.05, 3.63) is 35.9 Å². The quantitative estimate of drug-likeness (QED) is 0.736. The number of hydrogen-bond donors (Lipinski definition) is 1. The molecule has 1 unspecified atom stereocenters. The van der Waals surface area contributed by atoms with E-state index in [9.17, 15) is 4.79 Å². The van der Waals surface area contributed by atoms with Crippen molar-refractivity contribution in [2.75, 3.05) is 0 Å². The zero-order chi connectivity index (χ0) is 10.2. The molecule has 2 rings (SSSR count). The van der Waals surface area contributed by atoms with Crippen molar-refractivity contribution in [1.82, 2.24) is 0 Å². The van der Waals surface area contributed by atoms with Crippen molar-refractivity contribution in [2.24, 2.45) is 0 Å². The zero-order valence-electron chi connectivity index (χ0n) is 7.73. The van der Waals surface area contributed by atoms with Crippen LogP contribution in [0.5, 0.6) is 5.75 Å². The fourth-order valence-electron chi connectivity index (χ4n) is 1.34. The number of para-hydroxylation sites is 1. The molecule has 0 radical (unpaired) electrons. The number of fused-ring (bicyclic) bond motifs is 1. The molecule has 1 aliphatic rings. The van der Waals surface area contributed by atoms with Crippen LogP contribution in [0, 0.1) is 0 Å². The van der Waals surface area contributed by atoms with Crippen LogP contribution in [-0.2, 0) is 4.79 Å². The molecular weight excluding hydrogens is 180 g/mol. The number of carboxylic acid groups (broad SMARTS) is 1. The Balaban J connectivity index is 2.43. The SMILES string of the molecule is CC1(C(=O)O)C=Cc2ccccc2O1. The monoisotopic (exact) mass is 190 g/mol. The van der Waals surface area contributed by atoms with Gasteiger partial charge in [0.25, 0.3) is 0 Å². The Bertz CT molecular complexity index is 409. The Morgan fingerprint density at radius 1 is 1.43 bits per heavy atom. The maximum Gasteiger partial charge on any atom is 0.351 e. The lowest BCUT2D eigenvalue weighted by Gasteiger charge is -2.27. The van der Waals surface area contributed by atoms with Gasteiger partial charge in [0.2, 0.25) is 5.60 Å². The second-order valence-electron chi connectivity index (χ2n) is 3.39. The molecule has 1 aliphatic heterocycles. The minimum Gasteiger partial charge on any atom is -0.478 e. The molecule has 0 aliphatic carbocycles. The molecule has 1 aromatic rings. The average molecular weight is 190 g/mol. The second-order valence-corrected chi connectivity index (χ2v) is 3.39. The molecule has 1 atom stereocenters. The number of carbonyl (C=O) groups is 1. The third kappa shape index (κ3) is 1.27. The van der Waals surface area contributed by atoms with Gasteiger partial charge in [0.1, 0.15) is 5.75 Å². The van der Waals surface area contributed by atoms with Crippen molar-refractivity contribution in [3.8, 4) is 5.75 Å². The molecule has 14 heavy (non-hydrogen) atoms. The van der Waals surface area contributed by atoms with Crippen LogP contribution in [0.15, 0.2) is 30.3 Å². The van der Waals surface area contributed by atoms with Gasteiger partial charge in [0.15, 0.2) is 0 Å². The topological polar surface area (TPSA) is 46.5 Å². The number of rotatable bonds is 1. The molecule has 0 fully saturated rings. The van der Waals surface area contributed by atoms with E-state index in [0.717, 1.165) is 5.56 Å². The van der Waals surface area contributed by atoms with Crippen molar-refractivity contribution in [3.63, 3.8) is 0 Å². The maximum absolute atomic E-state index is 10.9. The lowest BCUT2D eigenvalue weighted by Crippen LogP contribution is -2.40. The molecule has 1 heterocycles. The van der Waals surface area contributed by atoms with Gasteiger partial charge in [0, 0.05) is 5.56 Å². The lowest BCUT2D eigenvalue weighted by atomic mass is 10.0. The molecule has 0 saturated heterocycles. The molecule has 1 aromatic carbocycles. The van der Waals surface area contributed by atoms with Gasteiger partial charge in [-0.3, -0.25) is 0 Å². The van der Waals surface area contributed by atoms with Crippen molar-refractivity contribution in [2.45, 2.75) is 12.5 Å². The summed E-state index contributed by atoms with van der Waals surface area (Å²) in [7, 11) is 0. The van der Waals surface area contributed by atoms with Gasteiger partial charge >= 0.3 is 5.97 Å². The van der Waals surface area contributed by atoms with E-state index in [-0.39, 0.29) is 0 Å². The minimum absolute atomic E-state index is 0.611. The van der Waals surface area contributed by atoms with E-state index >= 15 is 0 Å². The molecule has 3 heteroatoms. The highest BCUT2D eigenvalue weighted by molar-refractivity contribution is 5.83. The molecule has 0 saturated carbocycles. The average Bonchev–Trinajstić information content (AvgIpc) is 2.17. The second kappa shape index (κ2) is 2.87. The van der Waals surface area contributed by atoms with Crippen LogP contribution in [0.1, 0.15) is 12.5 Å². The normalized spacial score (nSPS) is 23.8. The van der Waals surface area contributed by atoms with Gasteiger partial charge in [-0.15, -0.1) is 0 Å². The highest BCUT2D eigenvalue weighted by Crippen LogP contribution is 2.30.